The molecule has 0 radical (unpaired) electrons. The SMILES string of the molecule is C[C@@H](CNC(=O)c1cc2cc(S(=O)(=O)N3CCCCC3)ccc2n1C)c1ccccc1. The number of hydrogen-bond acceptors (Lipinski definition) is 3. The molecule has 3 aromatic rings. The van der Waals surface area contributed by atoms with Crippen molar-refractivity contribution in [2.24, 2.45) is 7.05 Å². The highest BCUT2D eigenvalue weighted by Crippen LogP contribution is 2.26. The molecule has 1 aliphatic rings. The lowest BCUT2D eigenvalue weighted by Gasteiger charge is -2.25. The van der Waals surface area contributed by atoms with E-state index in [0.717, 1.165) is 30.2 Å². The van der Waals surface area contributed by atoms with Crippen LogP contribution in [0.4, 0.5) is 0 Å². The number of piperidine rings is 1. The lowest BCUT2D eigenvalue weighted by Crippen LogP contribution is -2.35. The van der Waals surface area contributed by atoms with Crippen molar-refractivity contribution in [3.8, 4) is 0 Å². The van der Waals surface area contributed by atoms with Gasteiger partial charge < -0.3 is 9.88 Å². The molecule has 164 valence electrons. The maximum atomic E-state index is 13.0. The number of carbonyl (C=O) groups is 1. The van der Waals surface area contributed by atoms with Crippen molar-refractivity contribution < 1.29 is 13.2 Å². The van der Waals surface area contributed by atoms with Crippen molar-refractivity contribution >= 4 is 26.8 Å². The van der Waals surface area contributed by atoms with Gasteiger partial charge >= 0.3 is 0 Å². The van der Waals surface area contributed by atoms with Crippen LogP contribution < -0.4 is 5.32 Å². The quantitative estimate of drug-likeness (QED) is 0.633. The van der Waals surface area contributed by atoms with Gasteiger partial charge in [-0.1, -0.05) is 43.7 Å². The van der Waals surface area contributed by atoms with Crippen molar-refractivity contribution in [2.75, 3.05) is 19.6 Å². The first kappa shape index (κ1) is 21.6. The summed E-state index contributed by atoms with van der Waals surface area (Å²) in [6.45, 7) is 3.75. The molecule has 31 heavy (non-hydrogen) atoms. The van der Waals surface area contributed by atoms with E-state index in [0.29, 0.717) is 25.3 Å². The number of fused-ring (bicyclic) bond motifs is 1. The second-order valence-corrected chi connectivity index (χ2v) is 10.2. The van der Waals surface area contributed by atoms with Crippen LogP contribution in [0.1, 0.15) is 48.2 Å². The number of amides is 1. The van der Waals surface area contributed by atoms with Crippen LogP contribution in [0.3, 0.4) is 0 Å². The van der Waals surface area contributed by atoms with Gasteiger partial charge in [-0.3, -0.25) is 4.79 Å². The summed E-state index contributed by atoms with van der Waals surface area (Å²) >= 11 is 0. The number of rotatable bonds is 6. The summed E-state index contributed by atoms with van der Waals surface area (Å²) in [6.07, 6.45) is 2.88. The van der Waals surface area contributed by atoms with Crippen LogP contribution in [0.25, 0.3) is 10.9 Å². The van der Waals surface area contributed by atoms with Crippen LogP contribution in [0.5, 0.6) is 0 Å². The summed E-state index contributed by atoms with van der Waals surface area (Å²) in [4.78, 5) is 13.1. The molecule has 1 amide bonds. The largest absolute Gasteiger partial charge is 0.350 e. The summed E-state index contributed by atoms with van der Waals surface area (Å²) in [5.41, 5.74) is 2.52. The summed E-state index contributed by atoms with van der Waals surface area (Å²) in [5.74, 6) is 0.0306. The zero-order chi connectivity index (χ0) is 22.0. The van der Waals surface area contributed by atoms with Gasteiger partial charge in [-0.15, -0.1) is 0 Å². The third kappa shape index (κ3) is 4.38. The maximum Gasteiger partial charge on any atom is 0.267 e. The smallest absolute Gasteiger partial charge is 0.267 e. The van der Waals surface area contributed by atoms with Gasteiger partial charge in [0.1, 0.15) is 5.69 Å². The van der Waals surface area contributed by atoms with Crippen LogP contribution in [-0.4, -0.2) is 42.8 Å². The molecule has 1 atom stereocenters. The summed E-state index contributed by atoms with van der Waals surface area (Å²) < 4.78 is 29.4. The third-order valence-electron chi connectivity index (χ3n) is 6.14. The van der Waals surface area contributed by atoms with E-state index in [1.54, 1.807) is 28.6 Å². The number of benzene rings is 2. The van der Waals surface area contributed by atoms with Gasteiger partial charge in [0.15, 0.2) is 0 Å². The summed E-state index contributed by atoms with van der Waals surface area (Å²) in [7, 11) is -1.68. The van der Waals surface area contributed by atoms with E-state index in [2.05, 4.69) is 24.4 Å². The van der Waals surface area contributed by atoms with Crippen molar-refractivity contribution in [1.29, 1.82) is 0 Å². The average molecular weight is 440 g/mol. The molecule has 0 saturated carbocycles. The normalized spacial score (nSPS) is 16.3. The molecule has 0 bridgehead atoms. The number of hydrogen-bond donors (Lipinski definition) is 1. The monoisotopic (exact) mass is 439 g/mol. The molecule has 2 aromatic carbocycles. The van der Waals surface area contributed by atoms with E-state index in [4.69, 9.17) is 0 Å². The topological polar surface area (TPSA) is 71.4 Å². The predicted octanol–water partition coefficient (Wildman–Crippen LogP) is 3.89. The Morgan fingerprint density at radius 2 is 1.74 bits per heavy atom. The third-order valence-corrected chi connectivity index (χ3v) is 8.03. The molecule has 6 nitrogen and oxygen atoms in total. The number of nitrogens with zero attached hydrogens (tertiary/aromatic N) is 2. The fourth-order valence-electron chi connectivity index (χ4n) is 4.20. The van der Waals surface area contributed by atoms with Gasteiger partial charge in [0.25, 0.3) is 5.91 Å². The standard InChI is InChI=1S/C24H29N3O3S/c1-18(19-9-5-3-6-10-19)17-25-24(28)23-16-20-15-21(11-12-22(20)26(23)2)31(29,30)27-13-7-4-8-14-27/h3,5-6,9-12,15-16,18H,4,7-8,13-14,17H2,1-2H3,(H,25,28)/t18-/m0/s1. The number of carbonyl (C=O) groups excluding carboxylic acids is 1. The molecule has 1 fully saturated rings. The Hall–Kier alpha value is -2.64. The molecule has 0 aliphatic carbocycles. The van der Waals surface area contributed by atoms with Crippen molar-refractivity contribution in [1.82, 2.24) is 14.2 Å². The molecule has 1 N–H and O–H groups in total. The Kier molecular flexibility index (Phi) is 6.16. The Bertz CT molecular complexity index is 1180. The lowest BCUT2D eigenvalue weighted by molar-refractivity contribution is 0.0944. The first-order valence-electron chi connectivity index (χ1n) is 10.8. The Balaban J connectivity index is 1.54. The molecular weight excluding hydrogens is 410 g/mol. The minimum atomic E-state index is -3.51. The van der Waals surface area contributed by atoms with Gasteiger partial charge in [-0.05, 0) is 48.6 Å². The highest BCUT2D eigenvalue weighted by Gasteiger charge is 2.26. The molecule has 0 spiro atoms. The highest BCUT2D eigenvalue weighted by molar-refractivity contribution is 7.89. The van der Waals surface area contributed by atoms with Gasteiger partial charge in [0.2, 0.25) is 10.0 Å². The number of nitrogens with one attached hydrogen (secondary N) is 1. The van der Waals surface area contributed by atoms with Crippen LogP contribution in [0.15, 0.2) is 59.5 Å². The molecule has 7 heteroatoms. The van der Waals surface area contributed by atoms with E-state index in [-0.39, 0.29) is 16.7 Å². The van der Waals surface area contributed by atoms with Crippen molar-refractivity contribution in [2.45, 2.75) is 37.0 Å². The molecule has 0 unspecified atom stereocenters. The zero-order valence-electron chi connectivity index (χ0n) is 18.0. The lowest BCUT2D eigenvalue weighted by atomic mass is 10.0. The van der Waals surface area contributed by atoms with Crippen LogP contribution in [-0.2, 0) is 17.1 Å². The molecule has 4 rings (SSSR count). The van der Waals surface area contributed by atoms with Gasteiger partial charge in [0.05, 0.1) is 4.90 Å². The van der Waals surface area contributed by atoms with Crippen LogP contribution in [0, 0.1) is 0 Å². The van der Waals surface area contributed by atoms with Gasteiger partial charge in [0, 0.05) is 37.6 Å². The Morgan fingerprint density at radius 3 is 2.45 bits per heavy atom. The molecular formula is C24H29N3O3S. The van der Waals surface area contributed by atoms with E-state index in [1.165, 1.54) is 5.56 Å². The van der Waals surface area contributed by atoms with E-state index in [1.807, 2.05) is 29.8 Å². The predicted molar refractivity (Wildman–Crippen MR) is 123 cm³/mol. The first-order chi connectivity index (χ1) is 14.9. The van der Waals surface area contributed by atoms with Gasteiger partial charge in [-0.2, -0.15) is 4.31 Å². The number of sulfonamides is 1. The summed E-state index contributed by atoms with van der Waals surface area (Å²) in [6, 6.07) is 17.0. The molecule has 1 saturated heterocycles. The first-order valence-corrected chi connectivity index (χ1v) is 12.2. The van der Waals surface area contributed by atoms with E-state index in [9.17, 15) is 13.2 Å². The van der Waals surface area contributed by atoms with E-state index >= 15 is 0 Å². The molecule has 1 aliphatic heterocycles. The van der Waals surface area contributed by atoms with Gasteiger partial charge in [-0.25, -0.2) is 8.42 Å². The number of aromatic nitrogens is 1. The minimum Gasteiger partial charge on any atom is -0.350 e. The van der Waals surface area contributed by atoms with Crippen LogP contribution in [0.2, 0.25) is 0 Å². The highest BCUT2D eigenvalue weighted by atomic mass is 32.2. The van der Waals surface area contributed by atoms with Crippen molar-refractivity contribution in [3.05, 3.63) is 65.9 Å². The second-order valence-electron chi connectivity index (χ2n) is 8.30. The fraction of sp³-hybridized carbons (Fsp3) is 0.375. The average Bonchev–Trinajstić information content (AvgIpc) is 3.14. The molecule has 2 heterocycles. The maximum absolute atomic E-state index is 13.0. The molecule has 1 aromatic heterocycles. The van der Waals surface area contributed by atoms with E-state index < -0.39 is 10.0 Å². The Morgan fingerprint density at radius 1 is 1.03 bits per heavy atom. The van der Waals surface area contributed by atoms with Crippen molar-refractivity contribution in [3.63, 3.8) is 0 Å². The second kappa shape index (κ2) is 8.85. The zero-order valence-corrected chi connectivity index (χ0v) is 18.9. The minimum absolute atomic E-state index is 0.165. The van der Waals surface area contributed by atoms with Crippen LogP contribution >= 0.6 is 0 Å². The number of aryl methyl sites for hydroxylation is 1. The fourth-order valence-corrected chi connectivity index (χ4v) is 5.75. The Labute approximate surface area is 183 Å². The summed E-state index contributed by atoms with van der Waals surface area (Å²) in [5, 5.41) is 3.76.